The van der Waals surface area contributed by atoms with E-state index in [1.807, 2.05) is 61.5 Å². The quantitative estimate of drug-likeness (QED) is 0.614. The Morgan fingerprint density at radius 1 is 1.00 bits per heavy atom. The van der Waals surface area contributed by atoms with Crippen molar-refractivity contribution in [2.45, 2.75) is 71.0 Å². The molecule has 0 heterocycles. The Balaban J connectivity index is 1.71. The highest BCUT2D eigenvalue weighted by Crippen LogP contribution is 2.20. The van der Waals surface area contributed by atoms with Crippen molar-refractivity contribution >= 4 is 11.8 Å². The highest BCUT2D eigenvalue weighted by molar-refractivity contribution is 5.88. The summed E-state index contributed by atoms with van der Waals surface area (Å²) in [5.41, 5.74) is 2.22. The third kappa shape index (κ3) is 6.58. The van der Waals surface area contributed by atoms with Gasteiger partial charge in [0.1, 0.15) is 11.8 Å². The maximum Gasteiger partial charge on any atom is 0.261 e. The third-order valence-corrected chi connectivity index (χ3v) is 5.98. The van der Waals surface area contributed by atoms with Gasteiger partial charge in [-0.1, -0.05) is 69.2 Å². The lowest BCUT2D eigenvalue weighted by Gasteiger charge is -2.31. The van der Waals surface area contributed by atoms with Gasteiger partial charge in [-0.15, -0.1) is 0 Å². The monoisotopic (exact) mass is 422 g/mol. The van der Waals surface area contributed by atoms with Crippen LogP contribution in [-0.2, 0) is 22.6 Å². The van der Waals surface area contributed by atoms with Gasteiger partial charge in [0.25, 0.3) is 5.91 Å². The first-order valence-electron chi connectivity index (χ1n) is 11.5. The summed E-state index contributed by atoms with van der Waals surface area (Å²) in [4.78, 5) is 27.9. The summed E-state index contributed by atoms with van der Waals surface area (Å²) >= 11 is 0. The lowest BCUT2D eigenvalue weighted by Crippen LogP contribution is -2.52. The lowest BCUT2D eigenvalue weighted by atomic mass is 10.1. The van der Waals surface area contributed by atoms with E-state index in [-0.39, 0.29) is 24.5 Å². The zero-order valence-electron chi connectivity index (χ0n) is 18.7. The second-order valence-electron chi connectivity index (χ2n) is 8.21. The predicted molar refractivity (Wildman–Crippen MR) is 123 cm³/mol. The van der Waals surface area contributed by atoms with Gasteiger partial charge in [-0.3, -0.25) is 9.59 Å². The highest BCUT2D eigenvalue weighted by Gasteiger charge is 2.30. The maximum atomic E-state index is 13.2. The molecule has 0 aliphatic heterocycles. The van der Waals surface area contributed by atoms with Crippen LogP contribution in [0.4, 0.5) is 0 Å². The van der Waals surface area contributed by atoms with Gasteiger partial charge in [0, 0.05) is 12.6 Å². The maximum absolute atomic E-state index is 13.2. The second-order valence-corrected chi connectivity index (χ2v) is 8.21. The number of hydrogen-bond donors (Lipinski definition) is 1. The van der Waals surface area contributed by atoms with Crippen molar-refractivity contribution < 1.29 is 14.3 Å². The molecule has 2 aromatic rings. The molecule has 0 unspecified atom stereocenters. The minimum Gasteiger partial charge on any atom is -0.484 e. The number of aryl methyl sites for hydroxylation is 1. The first kappa shape index (κ1) is 22.9. The van der Waals surface area contributed by atoms with E-state index in [4.69, 9.17) is 4.74 Å². The first-order valence-corrected chi connectivity index (χ1v) is 11.5. The van der Waals surface area contributed by atoms with Crippen LogP contribution in [0, 0.1) is 0 Å². The van der Waals surface area contributed by atoms with Crippen molar-refractivity contribution in [1.29, 1.82) is 0 Å². The van der Waals surface area contributed by atoms with Crippen LogP contribution in [0.5, 0.6) is 5.75 Å². The third-order valence-electron chi connectivity index (χ3n) is 5.98. The normalized spacial score (nSPS) is 14.8. The summed E-state index contributed by atoms with van der Waals surface area (Å²) < 4.78 is 5.77. The van der Waals surface area contributed by atoms with Gasteiger partial charge in [0.2, 0.25) is 5.91 Å². The number of carbonyl (C=O) groups is 2. The Kier molecular flexibility index (Phi) is 8.51. The summed E-state index contributed by atoms with van der Waals surface area (Å²) in [7, 11) is 0. The number of carbonyl (C=O) groups excluding carboxylic acids is 2. The van der Waals surface area contributed by atoms with E-state index in [1.165, 1.54) is 5.56 Å². The number of rotatable bonds is 10. The van der Waals surface area contributed by atoms with Crippen molar-refractivity contribution in [3.8, 4) is 5.75 Å². The number of nitrogens with one attached hydrogen (secondary N) is 1. The largest absolute Gasteiger partial charge is 0.484 e. The molecule has 0 spiro atoms. The number of nitrogens with zero attached hydrogens (tertiary/aromatic N) is 1. The van der Waals surface area contributed by atoms with Crippen LogP contribution in [0.15, 0.2) is 54.6 Å². The fourth-order valence-corrected chi connectivity index (χ4v) is 4.12. The molecule has 0 bridgehead atoms. The molecule has 31 heavy (non-hydrogen) atoms. The molecule has 1 saturated carbocycles. The van der Waals surface area contributed by atoms with E-state index in [0.717, 1.165) is 37.7 Å². The van der Waals surface area contributed by atoms with Gasteiger partial charge < -0.3 is 15.0 Å². The van der Waals surface area contributed by atoms with Crippen molar-refractivity contribution in [1.82, 2.24) is 10.2 Å². The highest BCUT2D eigenvalue weighted by atomic mass is 16.5. The molecule has 5 heteroatoms. The molecule has 0 saturated heterocycles. The Bertz CT molecular complexity index is 829. The molecule has 1 N–H and O–H groups in total. The number of hydrogen-bond acceptors (Lipinski definition) is 3. The van der Waals surface area contributed by atoms with Crippen molar-refractivity contribution in [3.63, 3.8) is 0 Å². The zero-order chi connectivity index (χ0) is 22.1. The van der Waals surface area contributed by atoms with Crippen LogP contribution in [0.3, 0.4) is 0 Å². The average Bonchev–Trinajstić information content (AvgIpc) is 3.31. The van der Waals surface area contributed by atoms with Crippen molar-refractivity contribution in [2.24, 2.45) is 0 Å². The standard InChI is InChI=1S/C26H34N2O3/c1-3-20-14-16-23(17-15-20)31-19-25(29)28(18-21-10-6-5-7-11-21)24(4-2)26(30)27-22-12-8-9-13-22/h5-7,10-11,14-17,22,24H,3-4,8-9,12-13,18-19H2,1-2H3,(H,27,30)/t24-/m0/s1. The van der Waals surface area contributed by atoms with E-state index >= 15 is 0 Å². The molecule has 3 rings (SSSR count). The first-order chi connectivity index (χ1) is 15.1. The molecule has 1 aliphatic rings. The lowest BCUT2D eigenvalue weighted by molar-refractivity contribution is -0.143. The zero-order valence-corrected chi connectivity index (χ0v) is 18.7. The molecule has 0 radical (unpaired) electrons. The topological polar surface area (TPSA) is 58.6 Å². The molecular formula is C26H34N2O3. The molecular weight excluding hydrogens is 388 g/mol. The molecule has 166 valence electrons. The fourth-order valence-electron chi connectivity index (χ4n) is 4.12. The molecule has 2 amide bonds. The Morgan fingerprint density at radius 2 is 1.68 bits per heavy atom. The minimum atomic E-state index is -0.514. The van der Waals surface area contributed by atoms with Crippen LogP contribution in [0.2, 0.25) is 0 Å². The second kappa shape index (κ2) is 11.5. The fraction of sp³-hybridized carbons (Fsp3) is 0.462. The van der Waals surface area contributed by atoms with Gasteiger partial charge in [0.05, 0.1) is 0 Å². The molecule has 2 aromatic carbocycles. The van der Waals surface area contributed by atoms with Gasteiger partial charge in [0.15, 0.2) is 6.61 Å². The minimum absolute atomic E-state index is 0.0639. The van der Waals surface area contributed by atoms with Crippen LogP contribution in [0.1, 0.15) is 57.1 Å². The summed E-state index contributed by atoms with van der Waals surface area (Å²) in [5, 5.41) is 3.16. The van der Waals surface area contributed by atoms with E-state index in [1.54, 1.807) is 4.90 Å². The summed E-state index contributed by atoms with van der Waals surface area (Å²) in [6, 6.07) is 17.3. The van der Waals surface area contributed by atoms with E-state index in [0.29, 0.717) is 18.7 Å². The van der Waals surface area contributed by atoms with Crippen LogP contribution in [0.25, 0.3) is 0 Å². The summed E-state index contributed by atoms with van der Waals surface area (Å²) in [6.07, 6.45) is 5.86. The van der Waals surface area contributed by atoms with Crippen molar-refractivity contribution in [3.05, 3.63) is 65.7 Å². The Labute approximate surface area is 185 Å². The van der Waals surface area contributed by atoms with E-state index in [2.05, 4.69) is 12.2 Å². The summed E-state index contributed by atoms with van der Waals surface area (Å²) in [6.45, 7) is 4.34. The molecule has 5 nitrogen and oxygen atoms in total. The van der Waals surface area contributed by atoms with Gasteiger partial charge >= 0.3 is 0 Å². The molecule has 1 aliphatic carbocycles. The van der Waals surface area contributed by atoms with Crippen LogP contribution >= 0.6 is 0 Å². The SMILES string of the molecule is CCc1ccc(OCC(=O)N(Cc2ccccc2)[C@@H](CC)C(=O)NC2CCCC2)cc1. The molecule has 0 aromatic heterocycles. The summed E-state index contributed by atoms with van der Waals surface area (Å²) in [5.74, 6) is 0.413. The Hall–Kier alpha value is -2.82. The average molecular weight is 423 g/mol. The van der Waals surface area contributed by atoms with Crippen molar-refractivity contribution in [2.75, 3.05) is 6.61 Å². The van der Waals surface area contributed by atoms with Crippen LogP contribution in [-0.4, -0.2) is 35.4 Å². The predicted octanol–water partition coefficient (Wildman–Crippen LogP) is 4.49. The smallest absolute Gasteiger partial charge is 0.261 e. The Morgan fingerprint density at radius 3 is 2.29 bits per heavy atom. The van der Waals surface area contributed by atoms with Crippen LogP contribution < -0.4 is 10.1 Å². The number of benzene rings is 2. The van der Waals surface area contributed by atoms with Gasteiger partial charge in [-0.05, 0) is 48.9 Å². The number of ether oxygens (including phenoxy) is 1. The number of amides is 2. The van der Waals surface area contributed by atoms with Gasteiger partial charge in [-0.25, -0.2) is 0 Å². The van der Waals surface area contributed by atoms with E-state index in [9.17, 15) is 9.59 Å². The molecule has 1 fully saturated rings. The molecule has 1 atom stereocenters. The van der Waals surface area contributed by atoms with Gasteiger partial charge in [-0.2, -0.15) is 0 Å². The van der Waals surface area contributed by atoms with E-state index < -0.39 is 6.04 Å².